The Labute approximate surface area is 200 Å². The topological polar surface area (TPSA) is 128 Å². The number of rotatable bonds is 6. The number of carboxylic acid groups (broad SMARTS) is 1. The number of aliphatic carboxylic acids is 1. The second-order valence-electron chi connectivity index (χ2n) is 7.89. The first kappa shape index (κ1) is 23.4. The fraction of sp³-hybridized carbons (Fsp3) is 0.250. The van der Waals surface area contributed by atoms with Crippen LogP contribution in [0.3, 0.4) is 0 Å². The third kappa shape index (κ3) is 4.62. The van der Waals surface area contributed by atoms with Gasteiger partial charge in [-0.2, -0.15) is 0 Å². The summed E-state index contributed by atoms with van der Waals surface area (Å²) in [4.78, 5) is 52.1. The van der Waals surface area contributed by atoms with Crippen molar-refractivity contribution in [3.63, 3.8) is 0 Å². The van der Waals surface area contributed by atoms with Crippen molar-refractivity contribution in [3.05, 3.63) is 59.2 Å². The molecule has 2 aliphatic rings. The van der Waals surface area contributed by atoms with Crippen molar-refractivity contribution in [2.24, 2.45) is 0 Å². The predicted molar refractivity (Wildman–Crippen MR) is 125 cm³/mol. The monoisotopic (exact) mass is 480 g/mol. The molecule has 4 rings (SSSR count). The van der Waals surface area contributed by atoms with Crippen LogP contribution in [0.15, 0.2) is 47.4 Å². The van der Waals surface area contributed by atoms with E-state index < -0.39 is 18.1 Å². The molecular formula is C24H22N3O6S-. The van der Waals surface area contributed by atoms with E-state index in [2.05, 4.69) is 10.6 Å². The molecule has 10 heteroatoms. The van der Waals surface area contributed by atoms with Crippen molar-refractivity contribution >= 4 is 47.2 Å². The smallest absolute Gasteiger partial charge is 0.256 e. The minimum absolute atomic E-state index is 0.159. The van der Waals surface area contributed by atoms with Gasteiger partial charge in [-0.25, -0.2) is 0 Å². The number of hydrogen-bond acceptors (Lipinski definition) is 7. The quantitative estimate of drug-likeness (QED) is 0.469. The Hall–Kier alpha value is -3.79. The normalized spacial score (nSPS) is 19.3. The molecule has 0 aromatic heterocycles. The summed E-state index contributed by atoms with van der Waals surface area (Å²) in [7, 11) is 1.49. The van der Waals surface area contributed by atoms with E-state index in [0.717, 1.165) is 11.0 Å². The van der Waals surface area contributed by atoms with E-state index in [1.54, 1.807) is 24.3 Å². The highest BCUT2D eigenvalue weighted by Gasteiger charge is 2.43. The molecule has 2 aliphatic heterocycles. The van der Waals surface area contributed by atoms with Crippen LogP contribution in [0.1, 0.15) is 32.7 Å². The Bertz CT molecular complexity index is 1210. The maximum atomic E-state index is 13.3. The lowest BCUT2D eigenvalue weighted by atomic mass is 10.1. The number of carboxylic acids is 1. The lowest BCUT2D eigenvalue weighted by Gasteiger charge is -2.20. The highest BCUT2D eigenvalue weighted by Crippen LogP contribution is 2.31. The van der Waals surface area contributed by atoms with Gasteiger partial charge in [-0.05, 0) is 54.6 Å². The van der Waals surface area contributed by atoms with Crippen molar-refractivity contribution in [3.8, 4) is 5.75 Å². The van der Waals surface area contributed by atoms with Crippen LogP contribution < -0.4 is 20.5 Å². The highest BCUT2D eigenvalue weighted by molar-refractivity contribution is 7.98. The molecule has 0 radical (unpaired) electrons. The van der Waals surface area contributed by atoms with Gasteiger partial charge in [0.05, 0.1) is 29.9 Å². The molecular weight excluding hydrogens is 458 g/mol. The van der Waals surface area contributed by atoms with Gasteiger partial charge in [0.2, 0.25) is 5.91 Å². The first-order valence-electron chi connectivity index (χ1n) is 10.5. The van der Waals surface area contributed by atoms with E-state index in [0.29, 0.717) is 22.6 Å². The third-order valence-electron chi connectivity index (χ3n) is 5.80. The number of hydrogen-bond donors (Lipinski definition) is 2. The molecule has 2 aromatic carbocycles. The maximum Gasteiger partial charge on any atom is 0.256 e. The van der Waals surface area contributed by atoms with Gasteiger partial charge < -0.3 is 30.2 Å². The van der Waals surface area contributed by atoms with Gasteiger partial charge in [-0.3, -0.25) is 14.4 Å². The number of carbonyl (C=O) groups excluding carboxylic acids is 4. The molecule has 9 nitrogen and oxygen atoms in total. The Morgan fingerprint density at radius 3 is 2.74 bits per heavy atom. The van der Waals surface area contributed by atoms with Gasteiger partial charge in [-0.1, -0.05) is 12.1 Å². The number of thioether (sulfide) groups is 1. The zero-order chi connectivity index (χ0) is 24.4. The summed E-state index contributed by atoms with van der Waals surface area (Å²) >= 11 is 1.53. The first-order valence-corrected chi connectivity index (χ1v) is 11.7. The Kier molecular flexibility index (Phi) is 6.60. The summed E-state index contributed by atoms with van der Waals surface area (Å²) in [5, 5.41) is 16.4. The fourth-order valence-electron chi connectivity index (χ4n) is 4.15. The van der Waals surface area contributed by atoms with Crippen molar-refractivity contribution in [2.45, 2.75) is 23.4 Å². The highest BCUT2D eigenvalue weighted by atomic mass is 32.2. The van der Waals surface area contributed by atoms with E-state index in [1.807, 2.05) is 12.3 Å². The standard InChI is InChI=1S/C24H23N3O6S/c1-33-20-11-15(34-2)5-6-16(20)22(30)25-14-10-19-23(31)26-18-7-3-13(4-8-21(28)29)9-17(18)24(32)27(19)12-14/h3-9,11,14,19H,10,12H2,1-2H3,(H,25,30)(H,26,31)(H,28,29)/p-1/b8-4+/t14-,19-/m0/s1. The van der Waals surface area contributed by atoms with Crippen LogP contribution in [0, 0.1) is 0 Å². The van der Waals surface area contributed by atoms with E-state index in [9.17, 15) is 24.3 Å². The number of methoxy groups -OCH3 is 1. The van der Waals surface area contributed by atoms with Crippen LogP contribution in [0.2, 0.25) is 0 Å². The van der Waals surface area contributed by atoms with Crippen molar-refractivity contribution in [2.75, 3.05) is 25.2 Å². The Morgan fingerprint density at radius 1 is 1.24 bits per heavy atom. The van der Waals surface area contributed by atoms with Crippen LogP contribution in [0.25, 0.3) is 6.08 Å². The van der Waals surface area contributed by atoms with Crippen LogP contribution in [-0.4, -0.2) is 60.6 Å². The van der Waals surface area contributed by atoms with Crippen molar-refractivity contribution < 1.29 is 29.0 Å². The molecule has 3 amide bonds. The summed E-state index contributed by atoms with van der Waals surface area (Å²) in [6.07, 6.45) is 4.37. The molecule has 0 spiro atoms. The molecule has 34 heavy (non-hydrogen) atoms. The number of ether oxygens (including phenoxy) is 1. The molecule has 1 fully saturated rings. The average molecular weight is 481 g/mol. The summed E-state index contributed by atoms with van der Waals surface area (Å²) < 4.78 is 5.35. The summed E-state index contributed by atoms with van der Waals surface area (Å²) in [6.45, 7) is 0.159. The lowest BCUT2D eigenvalue weighted by molar-refractivity contribution is -0.297. The first-order chi connectivity index (χ1) is 16.3. The van der Waals surface area contributed by atoms with Gasteiger partial charge >= 0.3 is 0 Å². The fourth-order valence-corrected chi connectivity index (χ4v) is 4.58. The average Bonchev–Trinajstić information content (AvgIpc) is 3.22. The van der Waals surface area contributed by atoms with E-state index in [4.69, 9.17) is 4.74 Å². The lowest BCUT2D eigenvalue weighted by Crippen LogP contribution is -2.41. The zero-order valence-corrected chi connectivity index (χ0v) is 19.3. The van der Waals surface area contributed by atoms with E-state index in [1.165, 1.54) is 35.9 Å². The summed E-state index contributed by atoms with van der Waals surface area (Å²) in [6, 6.07) is 8.79. The summed E-state index contributed by atoms with van der Waals surface area (Å²) in [5.74, 6) is -1.98. The molecule has 2 aromatic rings. The molecule has 0 bridgehead atoms. The molecule has 2 heterocycles. The SMILES string of the molecule is COc1cc(SC)ccc1C(=O)N[C@H]1C[C@H]2C(=O)Nc3ccc(/C=C/C(=O)[O-])cc3C(=O)N2C1. The number of benzene rings is 2. The van der Waals surface area contributed by atoms with Crippen LogP contribution in [0.5, 0.6) is 5.75 Å². The molecule has 2 atom stereocenters. The largest absolute Gasteiger partial charge is 0.545 e. The van der Waals surface area contributed by atoms with Crippen molar-refractivity contribution in [1.82, 2.24) is 10.2 Å². The number of amides is 3. The van der Waals surface area contributed by atoms with Crippen LogP contribution in [-0.2, 0) is 9.59 Å². The molecule has 2 N–H and O–H groups in total. The molecule has 0 aliphatic carbocycles. The number of carbonyl (C=O) groups is 4. The van der Waals surface area contributed by atoms with Gasteiger partial charge in [-0.15, -0.1) is 11.8 Å². The van der Waals surface area contributed by atoms with Gasteiger partial charge in [0.25, 0.3) is 11.8 Å². The molecule has 0 saturated carbocycles. The van der Waals surface area contributed by atoms with E-state index in [-0.39, 0.29) is 36.3 Å². The Morgan fingerprint density at radius 2 is 2.03 bits per heavy atom. The molecule has 1 saturated heterocycles. The number of nitrogens with zero attached hydrogens (tertiary/aromatic N) is 1. The zero-order valence-electron chi connectivity index (χ0n) is 18.5. The second-order valence-corrected chi connectivity index (χ2v) is 8.77. The Balaban J connectivity index is 1.54. The third-order valence-corrected chi connectivity index (χ3v) is 6.52. The summed E-state index contributed by atoms with van der Waals surface area (Å²) in [5.41, 5.74) is 1.45. The van der Waals surface area contributed by atoms with Crippen LogP contribution in [0.4, 0.5) is 5.69 Å². The van der Waals surface area contributed by atoms with Crippen LogP contribution >= 0.6 is 11.8 Å². The van der Waals surface area contributed by atoms with Gasteiger partial charge in [0, 0.05) is 17.5 Å². The second kappa shape index (κ2) is 9.60. The number of anilines is 1. The van der Waals surface area contributed by atoms with Gasteiger partial charge in [0.15, 0.2) is 0 Å². The van der Waals surface area contributed by atoms with E-state index >= 15 is 0 Å². The molecule has 176 valence electrons. The number of fused-ring (bicyclic) bond motifs is 2. The predicted octanol–water partition coefficient (Wildman–Crippen LogP) is 1.15. The minimum atomic E-state index is -1.35. The van der Waals surface area contributed by atoms with Crippen molar-refractivity contribution in [1.29, 1.82) is 0 Å². The molecule has 0 unspecified atom stereocenters. The minimum Gasteiger partial charge on any atom is -0.545 e. The number of nitrogens with one attached hydrogen (secondary N) is 2. The van der Waals surface area contributed by atoms with Gasteiger partial charge in [0.1, 0.15) is 11.8 Å². The maximum absolute atomic E-state index is 13.3.